The molecular weight excluding hydrogens is 405 g/mol. The Balaban J connectivity index is 3.32. The van der Waals surface area contributed by atoms with Crippen LogP contribution in [0.3, 0.4) is 0 Å². The summed E-state index contributed by atoms with van der Waals surface area (Å²) in [4.78, 5) is 11.0. The van der Waals surface area contributed by atoms with Gasteiger partial charge >= 0.3 is 0 Å². The molecule has 6 heteroatoms. The van der Waals surface area contributed by atoms with E-state index >= 15 is 0 Å². The topological polar surface area (TPSA) is 62.4 Å². The van der Waals surface area contributed by atoms with Crippen molar-refractivity contribution in [1.29, 1.82) is 0 Å². The molecule has 0 unspecified atom stereocenters. The van der Waals surface area contributed by atoms with E-state index in [2.05, 4.69) is 20.7 Å². The zero-order valence-electron chi connectivity index (χ0n) is 14.3. The average molecular weight is 435 g/mol. The monoisotopic (exact) mass is 435 g/mol. The number of halogens is 1. The number of hydrogen-bond donors (Lipinski definition) is 3. The molecule has 0 saturated heterocycles. The average Bonchev–Trinajstić information content (AvgIpc) is 2.56. The molecule has 0 rings (SSSR count). The van der Waals surface area contributed by atoms with Crippen LogP contribution in [0.15, 0.2) is 36.1 Å². The third-order valence-electron chi connectivity index (χ3n) is 3.14. The summed E-state index contributed by atoms with van der Waals surface area (Å²) >= 11 is 1.84. The van der Waals surface area contributed by atoms with Gasteiger partial charge in [-0.15, -0.1) is 0 Å². The van der Waals surface area contributed by atoms with Crippen molar-refractivity contribution in [2.24, 2.45) is 0 Å². The first kappa shape index (κ1) is 22.1. The summed E-state index contributed by atoms with van der Waals surface area (Å²) in [5.74, 6) is 0.717. The molecule has 0 aliphatic heterocycles. The first-order chi connectivity index (χ1) is 11.1. The van der Waals surface area contributed by atoms with Gasteiger partial charge in [0.2, 0.25) is 5.91 Å². The molecule has 0 aliphatic rings. The standard InChI is InChI=1S/C17H30IN3O2/c1-4-15(2)8-9-16(3)23-13-7-5-6-10-19-11-12-20-14-17(22)21-18/h4,8-9,19-20H,3,5-7,10-14H2,1-2H3,(H,21,22)/b9-8-,15-4-. The third kappa shape index (κ3) is 15.8. The fourth-order valence-corrected chi connectivity index (χ4v) is 1.83. The quantitative estimate of drug-likeness (QED) is 0.129. The maximum Gasteiger partial charge on any atom is 0.242 e. The van der Waals surface area contributed by atoms with Crippen LogP contribution in [-0.4, -0.2) is 38.7 Å². The van der Waals surface area contributed by atoms with Crippen molar-refractivity contribution >= 4 is 28.8 Å². The van der Waals surface area contributed by atoms with Crippen LogP contribution in [0.25, 0.3) is 0 Å². The predicted molar refractivity (Wildman–Crippen MR) is 105 cm³/mol. The van der Waals surface area contributed by atoms with Crippen molar-refractivity contribution in [2.45, 2.75) is 33.1 Å². The molecule has 0 spiro atoms. The summed E-state index contributed by atoms with van der Waals surface area (Å²) in [7, 11) is 0. The Morgan fingerprint density at radius 2 is 1.87 bits per heavy atom. The fourth-order valence-electron chi connectivity index (χ4n) is 1.64. The molecule has 132 valence electrons. The van der Waals surface area contributed by atoms with Crippen LogP contribution >= 0.6 is 22.9 Å². The molecule has 0 atom stereocenters. The minimum atomic E-state index is 0.00269. The summed E-state index contributed by atoms with van der Waals surface area (Å²) in [5.41, 5.74) is 1.20. The number of hydrogen-bond acceptors (Lipinski definition) is 4. The van der Waals surface area contributed by atoms with E-state index in [1.165, 1.54) is 5.57 Å². The summed E-state index contributed by atoms with van der Waals surface area (Å²) in [5, 5.41) is 6.41. The molecule has 3 N–H and O–H groups in total. The molecule has 0 heterocycles. The number of allylic oxidation sites excluding steroid dienone is 4. The van der Waals surface area contributed by atoms with Gasteiger partial charge in [-0.25, -0.2) is 0 Å². The van der Waals surface area contributed by atoms with Crippen molar-refractivity contribution in [3.8, 4) is 0 Å². The zero-order chi connectivity index (χ0) is 17.3. The number of nitrogens with one attached hydrogen (secondary N) is 3. The maximum atomic E-state index is 11.0. The van der Waals surface area contributed by atoms with E-state index < -0.39 is 0 Å². The summed E-state index contributed by atoms with van der Waals surface area (Å²) < 4.78 is 8.10. The predicted octanol–water partition coefficient (Wildman–Crippen LogP) is 2.85. The van der Waals surface area contributed by atoms with E-state index in [0.29, 0.717) is 18.9 Å². The van der Waals surface area contributed by atoms with Crippen LogP contribution in [0.4, 0.5) is 0 Å². The first-order valence-corrected chi connectivity index (χ1v) is 9.11. The van der Waals surface area contributed by atoms with Crippen LogP contribution in [0, 0.1) is 0 Å². The molecule has 23 heavy (non-hydrogen) atoms. The number of amides is 1. The van der Waals surface area contributed by atoms with Crippen LogP contribution in [0.1, 0.15) is 33.1 Å². The minimum Gasteiger partial charge on any atom is -0.494 e. The second-order valence-electron chi connectivity index (χ2n) is 5.19. The molecule has 0 radical (unpaired) electrons. The van der Waals surface area contributed by atoms with E-state index in [0.717, 1.165) is 38.9 Å². The van der Waals surface area contributed by atoms with Crippen molar-refractivity contribution < 1.29 is 9.53 Å². The lowest BCUT2D eigenvalue weighted by atomic mass is 10.2. The van der Waals surface area contributed by atoms with E-state index in [9.17, 15) is 4.79 Å². The highest BCUT2D eigenvalue weighted by molar-refractivity contribution is 14.1. The van der Waals surface area contributed by atoms with Crippen molar-refractivity contribution in [2.75, 3.05) is 32.8 Å². The number of rotatable bonds is 14. The SMILES string of the molecule is C=C(/C=C\C(C)=C/C)OCCCCCNCCNCC(=O)NI. The van der Waals surface area contributed by atoms with Crippen molar-refractivity contribution in [3.05, 3.63) is 36.1 Å². The lowest BCUT2D eigenvalue weighted by Gasteiger charge is -2.07. The van der Waals surface area contributed by atoms with E-state index in [1.807, 2.05) is 54.9 Å². The van der Waals surface area contributed by atoms with Crippen molar-refractivity contribution in [3.63, 3.8) is 0 Å². The highest BCUT2D eigenvalue weighted by Crippen LogP contribution is 2.03. The molecule has 0 aromatic heterocycles. The largest absolute Gasteiger partial charge is 0.494 e. The Bertz CT molecular complexity index is 395. The van der Waals surface area contributed by atoms with E-state index in [4.69, 9.17) is 4.74 Å². The highest BCUT2D eigenvalue weighted by Gasteiger charge is 1.96. The van der Waals surface area contributed by atoms with Gasteiger partial charge < -0.3 is 15.4 Å². The maximum absolute atomic E-state index is 11.0. The van der Waals surface area contributed by atoms with Gasteiger partial charge in [0.15, 0.2) is 0 Å². The lowest BCUT2D eigenvalue weighted by Crippen LogP contribution is -2.34. The van der Waals surface area contributed by atoms with Gasteiger partial charge in [0.25, 0.3) is 0 Å². The second kappa shape index (κ2) is 16.0. The summed E-state index contributed by atoms with van der Waals surface area (Å²) in [6.07, 6.45) is 9.24. The molecule has 5 nitrogen and oxygen atoms in total. The Labute approximate surface area is 154 Å². The van der Waals surface area contributed by atoms with Gasteiger partial charge in [0.05, 0.1) is 36.0 Å². The fraction of sp³-hybridized carbons (Fsp3) is 0.588. The molecule has 0 saturated carbocycles. The van der Waals surface area contributed by atoms with E-state index in [1.54, 1.807) is 0 Å². The summed E-state index contributed by atoms with van der Waals surface area (Å²) in [6, 6.07) is 0. The highest BCUT2D eigenvalue weighted by atomic mass is 127. The zero-order valence-corrected chi connectivity index (χ0v) is 16.4. The number of carbonyl (C=O) groups excluding carboxylic acids is 1. The Hall–Kier alpha value is -0.860. The lowest BCUT2D eigenvalue weighted by molar-refractivity contribution is -0.118. The van der Waals surface area contributed by atoms with E-state index in [-0.39, 0.29) is 5.91 Å². The second-order valence-corrected chi connectivity index (χ2v) is 5.73. The molecule has 0 aromatic rings. The van der Waals surface area contributed by atoms with Crippen LogP contribution in [0.2, 0.25) is 0 Å². The number of carbonyl (C=O) groups is 1. The molecule has 0 fully saturated rings. The van der Waals surface area contributed by atoms with Crippen LogP contribution < -0.4 is 14.2 Å². The normalized spacial score (nSPS) is 11.7. The first-order valence-electron chi connectivity index (χ1n) is 8.03. The van der Waals surface area contributed by atoms with Gasteiger partial charge in [-0.1, -0.05) is 24.3 Å². The molecule has 0 aliphatic carbocycles. The third-order valence-corrected chi connectivity index (χ3v) is 3.74. The Morgan fingerprint density at radius 3 is 2.57 bits per heavy atom. The van der Waals surface area contributed by atoms with Crippen LogP contribution in [0.5, 0.6) is 0 Å². The Morgan fingerprint density at radius 1 is 1.13 bits per heavy atom. The van der Waals surface area contributed by atoms with Crippen LogP contribution in [-0.2, 0) is 9.53 Å². The van der Waals surface area contributed by atoms with Gasteiger partial charge in [-0.3, -0.25) is 8.32 Å². The molecule has 1 amide bonds. The summed E-state index contributed by atoms with van der Waals surface area (Å²) in [6.45, 7) is 11.7. The smallest absolute Gasteiger partial charge is 0.242 e. The van der Waals surface area contributed by atoms with Crippen molar-refractivity contribution in [1.82, 2.24) is 14.2 Å². The molecular formula is C17H30IN3O2. The number of unbranched alkanes of at least 4 members (excludes halogenated alkanes) is 2. The van der Waals surface area contributed by atoms with Gasteiger partial charge in [-0.2, -0.15) is 0 Å². The molecule has 0 aromatic carbocycles. The number of ether oxygens (including phenoxy) is 1. The minimum absolute atomic E-state index is 0.00269. The molecule has 0 bridgehead atoms. The Kier molecular flexibility index (Phi) is 15.4. The van der Waals surface area contributed by atoms with Gasteiger partial charge in [-0.05, 0) is 45.7 Å². The van der Waals surface area contributed by atoms with Gasteiger partial charge in [0.1, 0.15) is 5.76 Å². The van der Waals surface area contributed by atoms with Gasteiger partial charge in [0, 0.05) is 13.1 Å².